The van der Waals surface area contributed by atoms with Gasteiger partial charge in [0.15, 0.2) is 6.61 Å². The molecule has 4 aromatic rings. The van der Waals surface area contributed by atoms with Crippen LogP contribution in [0.2, 0.25) is 0 Å². The number of aryl methyl sites for hydroxylation is 1. The van der Waals surface area contributed by atoms with Gasteiger partial charge < -0.3 is 19.4 Å². The van der Waals surface area contributed by atoms with Gasteiger partial charge in [-0.15, -0.1) is 6.58 Å². The molecule has 1 heterocycles. The summed E-state index contributed by atoms with van der Waals surface area (Å²) in [6.07, 6.45) is 3.46. The Bertz CT molecular complexity index is 1270. The Morgan fingerprint density at radius 3 is 2.60 bits per heavy atom. The molecule has 0 aliphatic rings. The van der Waals surface area contributed by atoms with Crippen molar-refractivity contribution in [3.05, 3.63) is 103 Å². The molecule has 0 radical (unpaired) electrons. The molecular weight excluding hydrogens is 438 g/mol. The van der Waals surface area contributed by atoms with E-state index in [0.717, 1.165) is 47.6 Å². The van der Waals surface area contributed by atoms with Gasteiger partial charge in [-0.05, 0) is 55.7 Å². The number of rotatable bonds is 12. The first-order chi connectivity index (χ1) is 17.2. The summed E-state index contributed by atoms with van der Waals surface area (Å²) in [5.74, 6) is 2.17. The minimum atomic E-state index is -0.275. The van der Waals surface area contributed by atoms with Crippen LogP contribution in [0.15, 0.2) is 91.5 Å². The molecule has 1 amide bonds. The van der Waals surface area contributed by atoms with Crippen LogP contribution in [-0.2, 0) is 17.8 Å². The predicted octanol–water partition coefficient (Wildman–Crippen LogP) is 5.49. The quantitative estimate of drug-likeness (QED) is 0.220. The third-order valence-electron chi connectivity index (χ3n) is 5.68. The molecule has 0 saturated carbocycles. The maximum atomic E-state index is 12.5. The van der Waals surface area contributed by atoms with Gasteiger partial charge in [0, 0.05) is 6.54 Å². The molecule has 6 nitrogen and oxygen atoms in total. The van der Waals surface area contributed by atoms with E-state index in [1.165, 1.54) is 0 Å². The molecule has 0 fully saturated rings. The van der Waals surface area contributed by atoms with Crippen molar-refractivity contribution < 1.29 is 14.3 Å². The minimum Gasteiger partial charge on any atom is -0.493 e. The third-order valence-corrected chi connectivity index (χ3v) is 5.68. The van der Waals surface area contributed by atoms with Crippen LogP contribution >= 0.6 is 0 Å². The van der Waals surface area contributed by atoms with Gasteiger partial charge in [0.1, 0.15) is 17.3 Å². The number of hydrogen-bond acceptors (Lipinski definition) is 4. The number of ether oxygens (including phenoxy) is 2. The van der Waals surface area contributed by atoms with E-state index in [-0.39, 0.29) is 18.6 Å². The number of imidazole rings is 1. The summed E-state index contributed by atoms with van der Waals surface area (Å²) in [6.45, 7) is 7.02. The number of fused-ring (bicyclic) bond motifs is 1. The summed E-state index contributed by atoms with van der Waals surface area (Å²) in [7, 11) is 0. The molecule has 0 saturated heterocycles. The van der Waals surface area contributed by atoms with Crippen LogP contribution in [0.5, 0.6) is 11.5 Å². The first-order valence-electron chi connectivity index (χ1n) is 11.9. The Morgan fingerprint density at radius 1 is 1.03 bits per heavy atom. The van der Waals surface area contributed by atoms with Gasteiger partial charge in [0.2, 0.25) is 0 Å². The van der Waals surface area contributed by atoms with Crippen molar-refractivity contribution in [3.8, 4) is 11.5 Å². The lowest BCUT2D eigenvalue weighted by Gasteiger charge is -2.17. The fraction of sp³-hybridized carbons (Fsp3) is 0.241. The van der Waals surface area contributed by atoms with Crippen molar-refractivity contribution in [2.45, 2.75) is 32.4 Å². The molecule has 1 unspecified atom stereocenters. The monoisotopic (exact) mass is 469 g/mol. The van der Waals surface area contributed by atoms with Crippen LogP contribution in [0.25, 0.3) is 11.0 Å². The maximum Gasteiger partial charge on any atom is 0.258 e. The van der Waals surface area contributed by atoms with Crippen LogP contribution in [0.4, 0.5) is 0 Å². The van der Waals surface area contributed by atoms with Crippen molar-refractivity contribution >= 4 is 16.9 Å². The molecule has 1 aromatic heterocycles. The number of hydrogen-bond donors (Lipinski definition) is 1. The van der Waals surface area contributed by atoms with E-state index in [9.17, 15) is 4.79 Å². The van der Waals surface area contributed by atoms with E-state index in [2.05, 4.69) is 28.6 Å². The number of aromatic nitrogens is 2. The first kappa shape index (κ1) is 24.1. The van der Waals surface area contributed by atoms with Gasteiger partial charge in [0.25, 0.3) is 5.91 Å². The minimum absolute atomic E-state index is 0.0491. The van der Waals surface area contributed by atoms with Crippen molar-refractivity contribution in [3.63, 3.8) is 0 Å². The van der Waals surface area contributed by atoms with Gasteiger partial charge in [-0.2, -0.15) is 0 Å². The first-order valence-corrected chi connectivity index (χ1v) is 11.9. The lowest BCUT2D eigenvalue weighted by atomic mass is 10.1. The molecule has 6 heteroatoms. The van der Waals surface area contributed by atoms with E-state index in [0.29, 0.717) is 12.4 Å². The fourth-order valence-electron chi connectivity index (χ4n) is 4.05. The maximum absolute atomic E-state index is 12.5. The van der Waals surface area contributed by atoms with E-state index in [4.69, 9.17) is 14.5 Å². The van der Waals surface area contributed by atoms with E-state index >= 15 is 0 Å². The second-order valence-corrected chi connectivity index (χ2v) is 8.30. The number of benzene rings is 3. The standard InChI is InChI=1S/C29H31N3O3/c1-3-12-23-13-7-10-18-27(23)34-20-11-19-32-26-17-9-8-16-25(26)31-29(32)22(2)30-28(33)21-35-24-14-5-4-6-15-24/h3-10,13-18,22H,1,11-12,19-21H2,2H3,(H,30,33). The SMILES string of the molecule is C=CCc1ccccc1OCCCn1c(C(C)NC(=O)COc2ccccc2)nc2ccccc21. The Balaban J connectivity index is 1.40. The molecule has 1 atom stereocenters. The van der Waals surface area contributed by atoms with Gasteiger partial charge in [-0.1, -0.05) is 54.6 Å². The molecule has 1 N–H and O–H groups in total. The van der Waals surface area contributed by atoms with E-state index < -0.39 is 0 Å². The molecule has 180 valence electrons. The molecule has 0 spiro atoms. The smallest absolute Gasteiger partial charge is 0.258 e. The lowest BCUT2D eigenvalue weighted by molar-refractivity contribution is -0.123. The van der Waals surface area contributed by atoms with Crippen LogP contribution in [0.1, 0.15) is 30.8 Å². The van der Waals surface area contributed by atoms with Crippen LogP contribution in [0.3, 0.4) is 0 Å². The molecular formula is C29H31N3O3. The van der Waals surface area contributed by atoms with E-state index in [1.807, 2.05) is 79.7 Å². The largest absolute Gasteiger partial charge is 0.493 e. The summed E-state index contributed by atoms with van der Waals surface area (Å²) in [4.78, 5) is 17.3. The highest BCUT2D eigenvalue weighted by atomic mass is 16.5. The summed E-state index contributed by atoms with van der Waals surface area (Å²) < 4.78 is 13.8. The second-order valence-electron chi connectivity index (χ2n) is 8.30. The average Bonchev–Trinajstić information content (AvgIpc) is 3.26. The number of para-hydroxylation sites is 4. The van der Waals surface area contributed by atoms with Gasteiger partial charge in [-0.3, -0.25) is 4.79 Å². The highest BCUT2D eigenvalue weighted by Gasteiger charge is 2.18. The average molecular weight is 470 g/mol. The van der Waals surface area contributed by atoms with Crippen molar-refractivity contribution in [2.24, 2.45) is 0 Å². The fourth-order valence-corrected chi connectivity index (χ4v) is 4.05. The topological polar surface area (TPSA) is 65.4 Å². The van der Waals surface area contributed by atoms with Crippen molar-refractivity contribution in [2.75, 3.05) is 13.2 Å². The lowest BCUT2D eigenvalue weighted by Crippen LogP contribution is -2.32. The number of allylic oxidation sites excluding steroid dienone is 1. The zero-order valence-electron chi connectivity index (χ0n) is 20.0. The Kier molecular flexibility index (Phi) is 8.17. The van der Waals surface area contributed by atoms with Crippen LogP contribution < -0.4 is 14.8 Å². The highest BCUT2D eigenvalue weighted by Crippen LogP contribution is 2.22. The Hall–Kier alpha value is -4.06. The number of nitrogens with zero attached hydrogens (tertiary/aromatic N) is 2. The second kappa shape index (κ2) is 11.9. The van der Waals surface area contributed by atoms with Crippen LogP contribution in [-0.4, -0.2) is 28.7 Å². The molecule has 0 aliphatic heterocycles. The number of nitrogens with one attached hydrogen (secondary N) is 1. The predicted molar refractivity (Wildman–Crippen MR) is 139 cm³/mol. The van der Waals surface area contributed by atoms with Crippen molar-refractivity contribution in [1.29, 1.82) is 0 Å². The Morgan fingerprint density at radius 2 is 1.77 bits per heavy atom. The van der Waals surface area contributed by atoms with Crippen LogP contribution in [0, 0.1) is 0 Å². The molecule has 0 bridgehead atoms. The number of amides is 1. The summed E-state index contributed by atoms with van der Waals surface area (Å²) in [5.41, 5.74) is 3.07. The van der Waals surface area contributed by atoms with Gasteiger partial charge in [0.05, 0.1) is 23.7 Å². The zero-order chi connectivity index (χ0) is 24.5. The Labute approximate surface area is 206 Å². The molecule has 3 aromatic carbocycles. The molecule has 35 heavy (non-hydrogen) atoms. The van der Waals surface area contributed by atoms with Gasteiger partial charge >= 0.3 is 0 Å². The molecule has 0 aliphatic carbocycles. The highest BCUT2D eigenvalue weighted by molar-refractivity contribution is 5.79. The number of carbonyl (C=O) groups excluding carboxylic acids is 1. The zero-order valence-corrected chi connectivity index (χ0v) is 20.0. The van der Waals surface area contributed by atoms with Crippen molar-refractivity contribution in [1.82, 2.24) is 14.9 Å². The number of carbonyl (C=O) groups is 1. The summed E-state index contributed by atoms with van der Waals surface area (Å²) in [6, 6.07) is 25.1. The summed E-state index contributed by atoms with van der Waals surface area (Å²) in [5, 5.41) is 3.02. The summed E-state index contributed by atoms with van der Waals surface area (Å²) >= 11 is 0. The van der Waals surface area contributed by atoms with Gasteiger partial charge in [-0.25, -0.2) is 4.98 Å². The third kappa shape index (κ3) is 6.29. The normalized spacial score (nSPS) is 11.7. The molecule has 4 rings (SSSR count). The van der Waals surface area contributed by atoms with E-state index in [1.54, 1.807) is 0 Å².